The van der Waals surface area contributed by atoms with Gasteiger partial charge in [-0.25, -0.2) is 0 Å². The molecule has 108 valence electrons. The molecule has 0 fully saturated rings. The SMILES string of the molecule is [N-]=[N+]=NCCC(O)C(O)c1ccc2c(c1)OC(F)(F)O2. The van der Waals surface area contributed by atoms with Crippen LogP contribution in [0, 0.1) is 0 Å². The normalized spacial score (nSPS) is 18.2. The van der Waals surface area contributed by atoms with Gasteiger partial charge in [0.05, 0.1) is 6.10 Å². The summed E-state index contributed by atoms with van der Waals surface area (Å²) >= 11 is 0. The monoisotopic (exact) mass is 287 g/mol. The molecule has 0 amide bonds. The molecule has 1 aromatic rings. The van der Waals surface area contributed by atoms with Crippen molar-refractivity contribution >= 4 is 0 Å². The van der Waals surface area contributed by atoms with Gasteiger partial charge in [0.25, 0.3) is 0 Å². The third kappa shape index (κ3) is 3.08. The standard InChI is InChI=1S/C11H11F2N3O4/c12-11(13)19-8-2-1-6(5-9(8)20-11)10(18)7(17)3-4-15-16-14/h1-2,5,7,10,17-18H,3-4H2. The van der Waals surface area contributed by atoms with Gasteiger partial charge in [0.2, 0.25) is 0 Å². The fraction of sp³-hybridized carbons (Fsp3) is 0.455. The lowest BCUT2D eigenvalue weighted by molar-refractivity contribution is -0.286. The Morgan fingerprint density at radius 2 is 2.00 bits per heavy atom. The molecule has 0 saturated heterocycles. The quantitative estimate of drug-likeness (QED) is 0.491. The van der Waals surface area contributed by atoms with Gasteiger partial charge in [0, 0.05) is 11.5 Å². The van der Waals surface area contributed by atoms with Crippen LogP contribution < -0.4 is 9.47 Å². The summed E-state index contributed by atoms with van der Waals surface area (Å²) in [5.74, 6) is -0.358. The van der Waals surface area contributed by atoms with E-state index in [-0.39, 0.29) is 30.0 Å². The lowest BCUT2D eigenvalue weighted by atomic mass is 10.0. The molecule has 2 unspecified atom stereocenters. The topological polar surface area (TPSA) is 108 Å². The summed E-state index contributed by atoms with van der Waals surface area (Å²) in [6.07, 6.45) is -6.20. The Labute approximate surface area is 112 Å². The molecule has 20 heavy (non-hydrogen) atoms. The van der Waals surface area contributed by atoms with Crippen LogP contribution in [0.1, 0.15) is 18.1 Å². The van der Waals surface area contributed by atoms with E-state index in [1.807, 2.05) is 0 Å². The van der Waals surface area contributed by atoms with Crippen LogP contribution in [0.25, 0.3) is 10.4 Å². The first-order valence-electron chi connectivity index (χ1n) is 5.70. The van der Waals surface area contributed by atoms with E-state index in [4.69, 9.17) is 5.53 Å². The number of aliphatic hydroxyl groups excluding tert-OH is 2. The van der Waals surface area contributed by atoms with E-state index in [2.05, 4.69) is 19.5 Å². The second-order valence-corrected chi connectivity index (χ2v) is 4.13. The van der Waals surface area contributed by atoms with Crippen LogP contribution in [-0.4, -0.2) is 29.2 Å². The average molecular weight is 287 g/mol. The number of halogens is 2. The number of nitrogens with zero attached hydrogens (tertiary/aromatic N) is 3. The Kier molecular flexibility index (Phi) is 3.93. The molecule has 0 bridgehead atoms. The Hall–Kier alpha value is -2.09. The van der Waals surface area contributed by atoms with Crippen molar-refractivity contribution in [2.75, 3.05) is 6.54 Å². The molecule has 2 atom stereocenters. The van der Waals surface area contributed by atoms with Crippen LogP contribution in [0.4, 0.5) is 8.78 Å². The van der Waals surface area contributed by atoms with Gasteiger partial charge < -0.3 is 19.7 Å². The molecule has 1 aliphatic rings. The lowest BCUT2D eigenvalue weighted by Crippen LogP contribution is -2.26. The number of alkyl halides is 2. The van der Waals surface area contributed by atoms with Crippen LogP contribution in [-0.2, 0) is 0 Å². The molecule has 0 radical (unpaired) electrons. The van der Waals surface area contributed by atoms with E-state index in [1.165, 1.54) is 12.1 Å². The molecule has 2 N–H and O–H groups in total. The largest absolute Gasteiger partial charge is 0.586 e. The van der Waals surface area contributed by atoms with E-state index >= 15 is 0 Å². The smallest absolute Gasteiger partial charge is 0.395 e. The van der Waals surface area contributed by atoms with Crippen molar-refractivity contribution in [3.8, 4) is 11.5 Å². The minimum absolute atomic E-state index is 0.0113. The van der Waals surface area contributed by atoms with Gasteiger partial charge in [-0.1, -0.05) is 11.2 Å². The molecule has 2 rings (SSSR count). The van der Waals surface area contributed by atoms with Crippen LogP contribution >= 0.6 is 0 Å². The first-order valence-corrected chi connectivity index (χ1v) is 5.70. The summed E-state index contributed by atoms with van der Waals surface area (Å²) in [4.78, 5) is 2.52. The van der Waals surface area contributed by atoms with Crippen LogP contribution in [0.5, 0.6) is 11.5 Å². The highest BCUT2D eigenvalue weighted by atomic mass is 19.3. The minimum atomic E-state index is -3.73. The molecule has 9 heteroatoms. The molecule has 0 saturated carbocycles. The molecule has 7 nitrogen and oxygen atoms in total. The molecule has 1 aliphatic heterocycles. The Morgan fingerprint density at radius 1 is 1.30 bits per heavy atom. The highest BCUT2D eigenvalue weighted by molar-refractivity contribution is 5.45. The average Bonchev–Trinajstić information content (AvgIpc) is 2.70. The van der Waals surface area contributed by atoms with Crippen molar-refractivity contribution < 1.29 is 28.5 Å². The summed E-state index contributed by atoms with van der Waals surface area (Å²) in [6.45, 7) is 0.0113. The van der Waals surface area contributed by atoms with Gasteiger partial charge in [-0.2, -0.15) is 0 Å². The van der Waals surface area contributed by atoms with Crippen LogP contribution in [0.3, 0.4) is 0 Å². The highest BCUT2D eigenvalue weighted by Crippen LogP contribution is 2.42. The zero-order valence-electron chi connectivity index (χ0n) is 10.1. The van der Waals surface area contributed by atoms with Gasteiger partial charge >= 0.3 is 6.29 Å². The molecular formula is C11H11F2N3O4. The number of hydrogen-bond donors (Lipinski definition) is 2. The fourth-order valence-corrected chi connectivity index (χ4v) is 1.76. The van der Waals surface area contributed by atoms with Crippen molar-refractivity contribution in [1.82, 2.24) is 0 Å². The zero-order chi connectivity index (χ0) is 14.8. The number of ether oxygens (including phenoxy) is 2. The van der Waals surface area contributed by atoms with Crippen molar-refractivity contribution in [1.29, 1.82) is 0 Å². The number of azide groups is 1. The fourth-order valence-electron chi connectivity index (χ4n) is 1.76. The predicted molar refractivity (Wildman–Crippen MR) is 62.2 cm³/mol. The first-order chi connectivity index (χ1) is 9.43. The maximum atomic E-state index is 12.8. The maximum Gasteiger partial charge on any atom is 0.586 e. The van der Waals surface area contributed by atoms with Crippen molar-refractivity contribution in [3.05, 3.63) is 34.2 Å². The number of hydrogen-bond acceptors (Lipinski definition) is 5. The third-order valence-electron chi connectivity index (χ3n) is 2.72. The lowest BCUT2D eigenvalue weighted by Gasteiger charge is -2.17. The summed E-state index contributed by atoms with van der Waals surface area (Å²) in [6, 6.07) is 3.72. The van der Waals surface area contributed by atoms with Crippen molar-refractivity contribution in [2.24, 2.45) is 5.11 Å². The van der Waals surface area contributed by atoms with E-state index in [0.29, 0.717) is 0 Å². The third-order valence-corrected chi connectivity index (χ3v) is 2.72. The maximum absolute atomic E-state index is 12.8. The Balaban J connectivity index is 2.08. The Bertz CT molecular complexity index is 548. The van der Waals surface area contributed by atoms with Crippen molar-refractivity contribution in [2.45, 2.75) is 24.9 Å². The Morgan fingerprint density at radius 3 is 2.70 bits per heavy atom. The minimum Gasteiger partial charge on any atom is -0.395 e. The van der Waals surface area contributed by atoms with Gasteiger partial charge in [-0.15, -0.1) is 8.78 Å². The van der Waals surface area contributed by atoms with E-state index < -0.39 is 18.5 Å². The predicted octanol–water partition coefficient (Wildman–Crippen LogP) is 2.10. The van der Waals surface area contributed by atoms with Gasteiger partial charge in [0.1, 0.15) is 6.10 Å². The number of benzene rings is 1. The summed E-state index contributed by atoms with van der Waals surface area (Å²) in [7, 11) is 0. The van der Waals surface area contributed by atoms with E-state index in [9.17, 15) is 19.0 Å². The molecule has 1 aromatic carbocycles. The molecule has 0 spiro atoms. The number of fused-ring (bicyclic) bond motifs is 1. The van der Waals surface area contributed by atoms with Crippen LogP contribution in [0.15, 0.2) is 23.3 Å². The van der Waals surface area contributed by atoms with E-state index in [1.54, 1.807) is 0 Å². The summed E-state index contributed by atoms with van der Waals surface area (Å²) in [5, 5.41) is 22.8. The first kappa shape index (κ1) is 14.3. The van der Waals surface area contributed by atoms with Gasteiger partial charge in [-0.05, 0) is 29.6 Å². The second kappa shape index (κ2) is 5.49. The molecular weight excluding hydrogens is 276 g/mol. The van der Waals surface area contributed by atoms with Gasteiger partial charge in [0.15, 0.2) is 11.5 Å². The highest BCUT2D eigenvalue weighted by Gasteiger charge is 2.43. The number of aliphatic hydroxyl groups is 2. The molecule has 1 heterocycles. The summed E-state index contributed by atoms with van der Waals surface area (Å²) in [5.41, 5.74) is 8.30. The van der Waals surface area contributed by atoms with E-state index in [0.717, 1.165) is 6.07 Å². The molecule has 0 aromatic heterocycles. The second-order valence-electron chi connectivity index (χ2n) is 4.13. The molecule has 0 aliphatic carbocycles. The number of rotatable bonds is 5. The van der Waals surface area contributed by atoms with Crippen LogP contribution in [0.2, 0.25) is 0 Å². The van der Waals surface area contributed by atoms with Crippen molar-refractivity contribution in [3.63, 3.8) is 0 Å². The zero-order valence-corrected chi connectivity index (χ0v) is 10.1. The van der Waals surface area contributed by atoms with Gasteiger partial charge in [-0.3, -0.25) is 0 Å². The summed E-state index contributed by atoms with van der Waals surface area (Å²) < 4.78 is 34.1.